The smallest absolute Gasteiger partial charge is 0.253 e. The fourth-order valence-corrected chi connectivity index (χ4v) is 2.40. The maximum absolute atomic E-state index is 11.8. The fraction of sp³-hybridized carbons (Fsp3) is 0.167. The van der Waals surface area contributed by atoms with Crippen LogP contribution in [0.15, 0.2) is 29.1 Å². The van der Waals surface area contributed by atoms with Gasteiger partial charge in [0.05, 0.1) is 16.7 Å². The number of carbonyl (C=O) groups excluding carboxylic acids is 1. The third-order valence-corrected chi connectivity index (χ3v) is 3.83. The van der Waals surface area contributed by atoms with Crippen LogP contribution in [0.4, 0.5) is 0 Å². The van der Waals surface area contributed by atoms with E-state index in [0.717, 1.165) is 5.56 Å². The first-order valence-electron chi connectivity index (χ1n) is 5.37. The molecule has 1 amide bonds. The van der Waals surface area contributed by atoms with E-state index in [1.807, 2.05) is 16.8 Å². The third kappa shape index (κ3) is 3.67. The van der Waals surface area contributed by atoms with Gasteiger partial charge in [0, 0.05) is 12.7 Å². The highest BCUT2D eigenvalue weighted by Gasteiger charge is 2.12. The standard InChI is InChI=1S/C12H10Cl2N2O2S/c13-9-3-8(4-15-11(9)14)12(18)16-5-10(17)7-1-2-19-6-7/h1-4,6,10,17H,5H2,(H,16,18). The second-order valence-electron chi connectivity index (χ2n) is 3.78. The maximum atomic E-state index is 11.8. The molecule has 0 aliphatic carbocycles. The summed E-state index contributed by atoms with van der Waals surface area (Å²) in [5.41, 5.74) is 1.07. The Hall–Kier alpha value is -1.14. The number of carbonyl (C=O) groups is 1. The Morgan fingerprint density at radius 1 is 1.53 bits per heavy atom. The van der Waals surface area contributed by atoms with Gasteiger partial charge >= 0.3 is 0 Å². The number of thiophene rings is 1. The molecule has 0 aliphatic rings. The number of hydrogen-bond acceptors (Lipinski definition) is 4. The van der Waals surface area contributed by atoms with Crippen LogP contribution < -0.4 is 5.32 Å². The number of halogens is 2. The molecule has 0 fully saturated rings. The zero-order valence-electron chi connectivity index (χ0n) is 9.64. The number of hydrogen-bond donors (Lipinski definition) is 2. The van der Waals surface area contributed by atoms with Crippen molar-refractivity contribution in [3.63, 3.8) is 0 Å². The molecule has 0 aliphatic heterocycles. The van der Waals surface area contributed by atoms with Gasteiger partial charge in [0.2, 0.25) is 0 Å². The topological polar surface area (TPSA) is 62.2 Å². The normalized spacial score (nSPS) is 12.2. The van der Waals surface area contributed by atoms with E-state index in [-0.39, 0.29) is 22.6 Å². The minimum Gasteiger partial charge on any atom is -0.387 e. The Morgan fingerprint density at radius 2 is 2.32 bits per heavy atom. The Morgan fingerprint density at radius 3 is 2.95 bits per heavy atom. The molecule has 2 rings (SSSR count). The predicted molar refractivity (Wildman–Crippen MR) is 75.9 cm³/mol. The van der Waals surface area contributed by atoms with Crippen molar-refractivity contribution in [3.8, 4) is 0 Å². The minimum absolute atomic E-state index is 0.121. The molecule has 0 radical (unpaired) electrons. The number of aliphatic hydroxyl groups is 1. The molecule has 2 aromatic heterocycles. The van der Waals surface area contributed by atoms with Crippen molar-refractivity contribution in [3.05, 3.63) is 50.4 Å². The van der Waals surface area contributed by atoms with E-state index in [4.69, 9.17) is 23.2 Å². The van der Waals surface area contributed by atoms with Gasteiger partial charge in [-0.15, -0.1) is 0 Å². The van der Waals surface area contributed by atoms with E-state index in [1.165, 1.54) is 23.6 Å². The van der Waals surface area contributed by atoms with Crippen LogP contribution in [-0.2, 0) is 0 Å². The second kappa shape index (κ2) is 6.34. The van der Waals surface area contributed by atoms with Gasteiger partial charge in [0.25, 0.3) is 5.91 Å². The molecule has 100 valence electrons. The van der Waals surface area contributed by atoms with Crippen LogP contribution in [0.3, 0.4) is 0 Å². The lowest BCUT2D eigenvalue weighted by Gasteiger charge is -2.10. The zero-order valence-corrected chi connectivity index (χ0v) is 12.0. The van der Waals surface area contributed by atoms with Crippen molar-refractivity contribution < 1.29 is 9.90 Å². The number of nitrogens with zero attached hydrogens (tertiary/aromatic N) is 1. The Bertz CT molecular complexity index is 575. The molecule has 2 heterocycles. The average Bonchev–Trinajstić information content (AvgIpc) is 2.92. The van der Waals surface area contributed by atoms with E-state index in [0.29, 0.717) is 5.56 Å². The largest absolute Gasteiger partial charge is 0.387 e. The number of amides is 1. The molecule has 0 bridgehead atoms. The molecule has 4 nitrogen and oxygen atoms in total. The summed E-state index contributed by atoms with van der Waals surface area (Å²) in [5, 5.41) is 16.5. The molecule has 2 N–H and O–H groups in total. The molecule has 0 spiro atoms. The van der Waals surface area contributed by atoms with Gasteiger partial charge in [-0.05, 0) is 28.5 Å². The molecule has 0 aromatic carbocycles. The maximum Gasteiger partial charge on any atom is 0.253 e. The van der Waals surface area contributed by atoms with Crippen molar-refractivity contribution in [1.82, 2.24) is 10.3 Å². The van der Waals surface area contributed by atoms with E-state index >= 15 is 0 Å². The number of pyridine rings is 1. The molecular formula is C12H10Cl2N2O2S. The van der Waals surface area contributed by atoms with Crippen LogP contribution in [0.2, 0.25) is 10.2 Å². The molecule has 1 unspecified atom stereocenters. The first-order chi connectivity index (χ1) is 9.08. The van der Waals surface area contributed by atoms with Crippen LogP contribution in [0.25, 0.3) is 0 Å². The molecular weight excluding hydrogens is 307 g/mol. The third-order valence-electron chi connectivity index (χ3n) is 2.44. The monoisotopic (exact) mass is 316 g/mol. The summed E-state index contributed by atoms with van der Waals surface area (Å²) in [5.74, 6) is -0.361. The van der Waals surface area contributed by atoms with Crippen LogP contribution in [0.1, 0.15) is 22.0 Å². The molecule has 2 aromatic rings. The van der Waals surface area contributed by atoms with Gasteiger partial charge in [0.15, 0.2) is 0 Å². The average molecular weight is 317 g/mol. The Labute approximate surface area is 124 Å². The van der Waals surface area contributed by atoms with Crippen molar-refractivity contribution in [2.24, 2.45) is 0 Å². The Kier molecular flexibility index (Phi) is 4.76. The molecule has 0 saturated heterocycles. The lowest BCUT2D eigenvalue weighted by Crippen LogP contribution is -2.28. The minimum atomic E-state index is -0.731. The number of aliphatic hydroxyl groups excluding tert-OH is 1. The summed E-state index contributed by atoms with van der Waals surface area (Å²) < 4.78 is 0. The highest BCUT2D eigenvalue weighted by Crippen LogP contribution is 2.20. The summed E-state index contributed by atoms with van der Waals surface area (Å²) >= 11 is 12.9. The number of nitrogens with one attached hydrogen (secondary N) is 1. The van der Waals surface area contributed by atoms with E-state index in [9.17, 15) is 9.90 Å². The van der Waals surface area contributed by atoms with E-state index < -0.39 is 6.10 Å². The van der Waals surface area contributed by atoms with Gasteiger partial charge in [-0.3, -0.25) is 4.79 Å². The van der Waals surface area contributed by atoms with Gasteiger partial charge in [0.1, 0.15) is 5.15 Å². The second-order valence-corrected chi connectivity index (χ2v) is 5.32. The summed E-state index contributed by atoms with van der Waals surface area (Å²) in [7, 11) is 0. The van der Waals surface area contributed by atoms with E-state index in [1.54, 1.807) is 0 Å². The fourth-order valence-electron chi connectivity index (χ4n) is 1.42. The highest BCUT2D eigenvalue weighted by molar-refractivity contribution is 7.07. The van der Waals surface area contributed by atoms with Gasteiger partial charge < -0.3 is 10.4 Å². The van der Waals surface area contributed by atoms with Crippen LogP contribution in [-0.4, -0.2) is 22.5 Å². The summed E-state index contributed by atoms with van der Waals surface area (Å²) in [6.07, 6.45) is 0.603. The van der Waals surface area contributed by atoms with Crippen LogP contribution in [0.5, 0.6) is 0 Å². The molecule has 1 atom stereocenters. The SMILES string of the molecule is O=C(NCC(O)c1ccsc1)c1cnc(Cl)c(Cl)c1. The van der Waals surface area contributed by atoms with Crippen molar-refractivity contribution >= 4 is 40.4 Å². The predicted octanol–water partition coefficient (Wildman–Crippen LogP) is 2.91. The summed E-state index contributed by atoms with van der Waals surface area (Å²) in [6.45, 7) is 0.121. The molecule has 19 heavy (non-hydrogen) atoms. The summed E-state index contributed by atoms with van der Waals surface area (Å²) in [6, 6.07) is 3.24. The first kappa shape index (κ1) is 14.3. The zero-order chi connectivity index (χ0) is 13.8. The van der Waals surface area contributed by atoms with Crippen molar-refractivity contribution in [2.75, 3.05) is 6.54 Å². The number of rotatable bonds is 4. The molecule has 7 heteroatoms. The summed E-state index contributed by atoms with van der Waals surface area (Å²) in [4.78, 5) is 15.6. The highest BCUT2D eigenvalue weighted by atomic mass is 35.5. The van der Waals surface area contributed by atoms with Gasteiger partial charge in [-0.25, -0.2) is 4.98 Å². The lowest BCUT2D eigenvalue weighted by molar-refractivity contribution is 0.0916. The van der Waals surface area contributed by atoms with Gasteiger partial charge in [-0.1, -0.05) is 23.2 Å². The molecule has 0 saturated carbocycles. The van der Waals surface area contributed by atoms with Crippen molar-refractivity contribution in [1.29, 1.82) is 0 Å². The van der Waals surface area contributed by atoms with Crippen LogP contribution in [0, 0.1) is 0 Å². The quantitative estimate of drug-likeness (QED) is 0.852. The van der Waals surface area contributed by atoms with Crippen molar-refractivity contribution in [2.45, 2.75) is 6.10 Å². The Balaban J connectivity index is 1.96. The van der Waals surface area contributed by atoms with E-state index in [2.05, 4.69) is 10.3 Å². The lowest BCUT2D eigenvalue weighted by atomic mass is 10.2. The van der Waals surface area contributed by atoms with Crippen LogP contribution >= 0.6 is 34.5 Å². The van der Waals surface area contributed by atoms with Gasteiger partial charge in [-0.2, -0.15) is 11.3 Å². The number of aromatic nitrogens is 1. The first-order valence-corrected chi connectivity index (χ1v) is 7.07.